The summed E-state index contributed by atoms with van der Waals surface area (Å²) < 4.78 is 0. The highest BCUT2D eigenvalue weighted by Gasteiger charge is 2.09. The molecule has 18 heavy (non-hydrogen) atoms. The molecule has 2 rings (SSSR count). The maximum atomic E-state index is 3.52. The van der Waals surface area contributed by atoms with Crippen LogP contribution in [-0.2, 0) is 6.54 Å². The zero-order valence-corrected chi connectivity index (χ0v) is 12.2. The predicted molar refractivity (Wildman–Crippen MR) is 80.9 cm³/mol. The van der Waals surface area contributed by atoms with Gasteiger partial charge >= 0.3 is 0 Å². The van der Waals surface area contributed by atoms with E-state index in [4.69, 9.17) is 0 Å². The molecule has 0 spiro atoms. The highest BCUT2D eigenvalue weighted by atomic mass is 32.1. The lowest BCUT2D eigenvalue weighted by Crippen LogP contribution is -2.26. The van der Waals surface area contributed by atoms with Gasteiger partial charge in [0.05, 0.1) is 0 Å². The number of hydrogen-bond acceptors (Lipinski definition) is 2. The zero-order valence-electron chi connectivity index (χ0n) is 11.4. The van der Waals surface area contributed by atoms with Crippen LogP contribution in [0.15, 0.2) is 41.8 Å². The van der Waals surface area contributed by atoms with Gasteiger partial charge in [-0.1, -0.05) is 51.1 Å². The predicted octanol–water partition coefficient (Wildman–Crippen LogP) is 4.55. The molecule has 2 aromatic rings. The average molecular weight is 259 g/mol. The van der Waals surface area contributed by atoms with E-state index in [2.05, 4.69) is 67.9 Å². The molecule has 0 radical (unpaired) electrons. The van der Waals surface area contributed by atoms with Gasteiger partial charge in [-0.3, -0.25) is 0 Å². The topological polar surface area (TPSA) is 12.0 Å². The summed E-state index contributed by atoms with van der Waals surface area (Å²) in [5.74, 6) is 0. The summed E-state index contributed by atoms with van der Waals surface area (Å²) in [7, 11) is 0. The van der Waals surface area contributed by atoms with Crippen molar-refractivity contribution in [3.63, 3.8) is 0 Å². The minimum absolute atomic E-state index is 0.347. The molecule has 1 aromatic heterocycles. The Morgan fingerprint density at radius 1 is 1.06 bits per heavy atom. The molecule has 0 amide bonds. The van der Waals surface area contributed by atoms with Crippen molar-refractivity contribution in [2.75, 3.05) is 6.54 Å². The minimum atomic E-state index is 0.347. The summed E-state index contributed by atoms with van der Waals surface area (Å²) in [6, 6.07) is 12.8. The number of thiophene rings is 1. The maximum Gasteiger partial charge on any atom is 0.0300 e. The van der Waals surface area contributed by atoms with Crippen molar-refractivity contribution in [1.29, 1.82) is 0 Å². The molecule has 0 fully saturated rings. The maximum absolute atomic E-state index is 3.52. The van der Waals surface area contributed by atoms with E-state index in [-0.39, 0.29) is 0 Å². The van der Waals surface area contributed by atoms with Crippen molar-refractivity contribution in [3.8, 4) is 11.1 Å². The Kier molecular flexibility index (Phi) is 4.20. The quantitative estimate of drug-likeness (QED) is 0.849. The lowest BCUT2D eigenvalue weighted by molar-refractivity contribution is 0.380. The number of hydrogen-bond donors (Lipinski definition) is 1. The van der Waals surface area contributed by atoms with Crippen LogP contribution in [-0.4, -0.2) is 6.54 Å². The van der Waals surface area contributed by atoms with Crippen molar-refractivity contribution < 1.29 is 0 Å². The third-order valence-corrected chi connectivity index (χ3v) is 3.65. The SMILES string of the molecule is CC(C)(C)CNCc1cc(-c2ccccc2)cs1. The summed E-state index contributed by atoms with van der Waals surface area (Å²) in [5, 5.41) is 5.76. The van der Waals surface area contributed by atoms with Gasteiger partial charge in [0.25, 0.3) is 0 Å². The molecule has 0 saturated heterocycles. The van der Waals surface area contributed by atoms with Crippen molar-refractivity contribution in [2.45, 2.75) is 27.3 Å². The van der Waals surface area contributed by atoms with Crippen LogP contribution in [0.2, 0.25) is 0 Å². The van der Waals surface area contributed by atoms with Crippen molar-refractivity contribution >= 4 is 11.3 Å². The summed E-state index contributed by atoms with van der Waals surface area (Å²) in [6.07, 6.45) is 0. The van der Waals surface area contributed by atoms with E-state index in [9.17, 15) is 0 Å². The van der Waals surface area contributed by atoms with Gasteiger partial charge in [0.1, 0.15) is 0 Å². The van der Waals surface area contributed by atoms with Crippen molar-refractivity contribution in [1.82, 2.24) is 5.32 Å². The molecule has 1 aromatic carbocycles. The van der Waals surface area contributed by atoms with Gasteiger partial charge in [0, 0.05) is 18.0 Å². The van der Waals surface area contributed by atoms with Crippen LogP contribution in [0.25, 0.3) is 11.1 Å². The molecular formula is C16H21NS. The summed E-state index contributed by atoms with van der Waals surface area (Å²) in [6.45, 7) is 8.78. The molecule has 0 bridgehead atoms. The van der Waals surface area contributed by atoms with E-state index in [0.717, 1.165) is 13.1 Å². The van der Waals surface area contributed by atoms with Gasteiger partial charge in [0.15, 0.2) is 0 Å². The first-order chi connectivity index (χ1) is 8.54. The first-order valence-electron chi connectivity index (χ1n) is 6.38. The molecular weight excluding hydrogens is 238 g/mol. The number of benzene rings is 1. The molecule has 96 valence electrons. The second-order valence-electron chi connectivity index (χ2n) is 5.83. The van der Waals surface area contributed by atoms with Crippen LogP contribution in [0.3, 0.4) is 0 Å². The molecule has 0 aliphatic heterocycles. The second-order valence-corrected chi connectivity index (χ2v) is 6.83. The Morgan fingerprint density at radius 3 is 2.44 bits per heavy atom. The molecule has 0 aliphatic rings. The van der Waals surface area contributed by atoms with Gasteiger partial charge in [-0.25, -0.2) is 0 Å². The highest BCUT2D eigenvalue weighted by Crippen LogP contribution is 2.25. The molecule has 0 aliphatic carbocycles. The minimum Gasteiger partial charge on any atom is -0.311 e. The van der Waals surface area contributed by atoms with Crippen molar-refractivity contribution in [3.05, 3.63) is 46.7 Å². The van der Waals surface area contributed by atoms with Crippen LogP contribution >= 0.6 is 11.3 Å². The fraction of sp³-hybridized carbons (Fsp3) is 0.375. The largest absolute Gasteiger partial charge is 0.311 e. The fourth-order valence-electron chi connectivity index (χ4n) is 1.82. The molecule has 0 atom stereocenters. The first-order valence-corrected chi connectivity index (χ1v) is 7.26. The van der Waals surface area contributed by atoms with Crippen LogP contribution in [0.4, 0.5) is 0 Å². The van der Waals surface area contributed by atoms with Crippen LogP contribution < -0.4 is 5.32 Å². The van der Waals surface area contributed by atoms with E-state index < -0.39 is 0 Å². The lowest BCUT2D eigenvalue weighted by atomic mass is 9.97. The number of rotatable bonds is 4. The Labute approximate surface area is 114 Å². The summed E-state index contributed by atoms with van der Waals surface area (Å²) in [4.78, 5) is 1.40. The lowest BCUT2D eigenvalue weighted by Gasteiger charge is -2.18. The fourth-order valence-corrected chi connectivity index (χ4v) is 2.68. The smallest absolute Gasteiger partial charge is 0.0300 e. The Morgan fingerprint density at radius 2 is 1.78 bits per heavy atom. The van der Waals surface area contributed by atoms with E-state index >= 15 is 0 Å². The molecule has 1 N–H and O–H groups in total. The van der Waals surface area contributed by atoms with Gasteiger partial charge < -0.3 is 5.32 Å². The monoisotopic (exact) mass is 259 g/mol. The zero-order chi connectivity index (χ0) is 13.0. The summed E-state index contributed by atoms with van der Waals surface area (Å²) in [5.41, 5.74) is 2.98. The third kappa shape index (κ3) is 3.97. The van der Waals surface area contributed by atoms with E-state index in [0.29, 0.717) is 5.41 Å². The molecule has 2 heteroatoms. The van der Waals surface area contributed by atoms with Gasteiger partial charge in [0.2, 0.25) is 0 Å². The molecule has 0 saturated carbocycles. The normalized spacial score (nSPS) is 11.7. The number of nitrogens with one attached hydrogen (secondary N) is 1. The van der Waals surface area contributed by atoms with E-state index in [1.807, 2.05) is 11.3 Å². The Balaban J connectivity index is 1.95. The van der Waals surface area contributed by atoms with Crippen LogP contribution in [0, 0.1) is 5.41 Å². The second kappa shape index (κ2) is 5.68. The van der Waals surface area contributed by atoms with E-state index in [1.54, 1.807) is 0 Å². The third-order valence-electron chi connectivity index (χ3n) is 2.72. The highest BCUT2D eigenvalue weighted by molar-refractivity contribution is 7.10. The standard InChI is InChI=1S/C16H21NS/c1-16(2,3)12-17-10-15-9-14(11-18-15)13-7-5-4-6-8-13/h4-9,11,17H,10,12H2,1-3H3. The van der Waals surface area contributed by atoms with E-state index in [1.165, 1.54) is 16.0 Å². The summed E-state index contributed by atoms with van der Waals surface area (Å²) >= 11 is 1.83. The molecule has 1 nitrogen and oxygen atoms in total. The van der Waals surface area contributed by atoms with Gasteiger partial charge in [-0.15, -0.1) is 11.3 Å². The van der Waals surface area contributed by atoms with Gasteiger partial charge in [-0.2, -0.15) is 0 Å². The Bertz CT molecular complexity index is 479. The Hall–Kier alpha value is -1.12. The van der Waals surface area contributed by atoms with Gasteiger partial charge in [-0.05, 0) is 28.0 Å². The van der Waals surface area contributed by atoms with Crippen molar-refractivity contribution in [2.24, 2.45) is 5.41 Å². The first kappa shape index (κ1) is 13.3. The average Bonchev–Trinajstić information content (AvgIpc) is 2.77. The van der Waals surface area contributed by atoms with Crippen LogP contribution in [0.5, 0.6) is 0 Å². The van der Waals surface area contributed by atoms with Crippen LogP contribution in [0.1, 0.15) is 25.6 Å². The molecule has 1 heterocycles. The molecule has 0 unspecified atom stereocenters.